The quantitative estimate of drug-likeness (QED) is 0.378. The van der Waals surface area contributed by atoms with E-state index in [1.807, 2.05) is 12.1 Å². The summed E-state index contributed by atoms with van der Waals surface area (Å²) in [6.45, 7) is 2.08. The van der Waals surface area contributed by atoms with Gasteiger partial charge in [0.25, 0.3) is 0 Å². The molecule has 0 aliphatic rings. The van der Waals surface area contributed by atoms with Gasteiger partial charge in [0.05, 0.1) is 11.1 Å². The molecule has 2 aromatic rings. The molecule has 31 heavy (non-hydrogen) atoms. The molecule has 0 spiro atoms. The zero-order chi connectivity index (χ0) is 22.6. The van der Waals surface area contributed by atoms with E-state index in [1.165, 1.54) is 24.3 Å². The van der Waals surface area contributed by atoms with Crippen molar-refractivity contribution < 1.29 is 29.9 Å². The molecule has 0 atom stereocenters. The van der Waals surface area contributed by atoms with Crippen LogP contribution in [0.15, 0.2) is 24.3 Å². The molecule has 164 valence electrons. The molecule has 0 heterocycles. The van der Waals surface area contributed by atoms with Gasteiger partial charge in [0.1, 0.15) is 35.1 Å². The Bertz CT molecular complexity index is 885. The normalized spacial score (nSPS) is 10.5. The van der Waals surface area contributed by atoms with Gasteiger partial charge in [0, 0.05) is 38.6 Å². The van der Waals surface area contributed by atoms with Gasteiger partial charge in [-0.3, -0.25) is 0 Å². The van der Waals surface area contributed by atoms with Gasteiger partial charge in [0.2, 0.25) is 0 Å². The van der Waals surface area contributed by atoms with E-state index in [4.69, 9.17) is 20.0 Å². The molecule has 0 bridgehead atoms. The van der Waals surface area contributed by atoms with Gasteiger partial charge < -0.3 is 29.9 Å². The summed E-state index contributed by atoms with van der Waals surface area (Å²) in [5.74, 6) is -0.526. The van der Waals surface area contributed by atoms with Crippen LogP contribution in [0.4, 0.5) is 0 Å². The number of benzene rings is 2. The second kappa shape index (κ2) is 12.3. The Morgan fingerprint density at radius 2 is 0.968 bits per heavy atom. The lowest BCUT2D eigenvalue weighted by molar-refractivity contribution is 0.0809. The predicted molar refractivity (Wildman–Crippen MR) is 112 cm³/mol. The first-order valence-corrected chi connectivity index (χ1v) is 10.0. The average molecular weight is 426 g/mol. The molecular formula is C23H26N2O6. The average Bonchev–Trinajstić information content (AvgIpc) is 2.74. The third-order valence-corrected chi connectivity index (χ3v) is 4.68. The molecule has 8 nitrogen and oxygen atoms in total. The third kappa shape index (κ3) is 7.38. The standard InChI is InChI=1S/C23H26N2O6/c24-14-18-10-16(20(26)12-22(18)28)4-1-6-30-8-3-9-31-7-2-5-17-11-19(15-25)23(29)13-21(17)27/h10-13,26-29H,1-9H2. The highest BCUT2D eigenvalue weighted by Crippen LogP contribution is 2.28. The zero-order valence-electron chi connectivity index (χ0n) is 17.2. The van der Waals surface area contributed by atoms with Crippen molar-refractivity contribution in [3.63, 3.8) is 0 Å². The Balaban J connectivity index is 1.53. The van der Waals surface area contributed by atoms with Gasteiger partial charge in [-0.25, -0.2) is 0 Å². The molecular weight excluding hydrogens is 400 g/mol. The third-order valence-electron chi connectivity index (χ3n) is 4.68. The van der Waals surface area contributed by atoms with Crippen LogP contribution in [0.3, 0.4) is 0 Å². The summed E-state index contributed by atoms with van der Waals surface area (Å²) in [5, 5.41) is 56.5. The highest BCUT2D eigenvalue weighted by atomic mass is 16.5. The van der Waals surface area contributed by atoms with E-state index in [1.54, 1.807) is 0 Å². The van der Waals surface area contributed by atoms with E-state index in [9.17, 15) is 20.4 Å². The van der Waals surface area contributed by atoms with Crippen LogP contribution in [0.2, 0.25) is 0 Å². The highest BCUT2D eigenvalue weighted by Gasteiger charge is 2.09. The first-order valence-electron chi connectivity index (χ1n) is 10.0. The van der Waals surface area contributed by atoms with Gasteiger partial charge in [0.15, 0.2) is 0 Å². The lowest BCUT2D eigenvalue weighted by Gasteiger charge is -2.09. The number of nitrogens with zero attached hydrogens (tertiary/aromatic N) is 2. The summed E-state index contributed by atoms with van der Waals surface area (Å²) in [6.07, 6.45) is 3.14. The summed E-state index contributed by atoms with van der Waals surface area (Å²) >= 11 is 0. The van der Waals surface area contributed by atoms with Crippen molar-refractivity contribution >= 4 is 0 Å². The van der Waals surface area contributed by atoms with Gasteiger partial charge in [-0.05, 0) is 55.4 Å². The summed E-state index contributed by atoms with van der Waals surface area (Å²) in [6, 6.07) is 9.08. The molecule has 0 radical (unpaired) electrons. The van der Waals surface area contributed by atoms with Crippen molar-refractivity contribution in [1.82, 2.24) is 0 Å². The molecule has 2 aromatic carbocycles. The van der Waals surface area contributed by atoms with Crippen molar-refractivity contribution in [2.24, 2.45) is 0 Å². The molecule has 8 heteroatoms. The van der Waals surface area contributed by atoms with Gasteiger partial charge in [-0.15, -0.1) is 0 Å². The minimum absolute atomic E-state index is 0.0330. The van der Waals surface area contributed by atoms with E-state index in [2.05, 4.69) is 0 Å². The Morgan fingerprint density at radius 3 is 1.35 bits per heavy atom. The Morgan fingerprint density at radius 1 is 0.581 bits per heavy atom. The maximum atomic E-state index is 9.82. The van der Waals surface area contributed by atoms with Crippen molar-refractivity contribution in [3.8, 4) is 35.1 Å². The number of aromatic hydroxyl groups is 4. The van der Waals surface area contributed by atoms with E-state index in [-0.39, 0.29) is 34.1 Å². The van der Waals surface area contributed by atoms with Crippen molar-refractivity contribution in [3.05, 3.63) is 46.5 Å². The number of rotatable bonds is 12. The molecule has 0 unspecified atom stereocenters. The summed E-state index contributed by atoms with van der Waals surface area (Å²) < 4.78 is 11.1. The number of hydrogen-bond donors (Lipinski definition) is 4. The van der Waals surface area contributed by atoms with Crippen molar-refractivity contribution in [2.75, 3.05) is 26.4 Å². The maximum absolute atomic E-state index is 9.82. The van der Waals surface area contributed by atoms with Gasteiger partial charge >= 0.3 is 0 Å². The fourth-order valence-corrected chi connectivity index (χ4v) is 3.02. The number of aryl methyl sites for hydroxylation is 2. The van der Waals surface area contributed by atoms with Crippen molar-refractivity contribution in [1.29, 1.82) is 10.5 Å². The number of ether oxygens (including phenoxy) is 2. The number of phenolic OH excluding ortho intramolecular Hbond substituents is 4. The van der Waals surface area contributed by atoms with Gasteiger partial charge in [-0.1, -0.05) is 0 Å². The monoisotopic (exact) mass is 426 g/mol. The van der Waals surface area contributed by atoms with E-state index in [0.29, 0.717) is 63.2 Å². The minimum Gasteiger partial charge on any atom is -0.508 e. The van der Waals surface area contributed by atoms with Crippen LogP contribution >= 0.6 is 0 Å². The van der Waals surface area contributed by atoms with E-state index in [0.717, 1.165) is 6.42 Å². The van der Waals surface area contributed by atoms with Crippen LogP contribution in [-0.2, 0) is 22.3 Å². The minimum atomic E-state index is -0.230. The van der Waals surface area contributed by atoms with Crippen LogP contribution in [0, 0.1) is 22.7 Å². The van der Waals surface area contributed by atoms with Crippen LogP contribution < -0.4 is 0 Å². The number of nitriles is 2. The molecule has 4 N–H and O–H groups in total. The van der Waals surface area contributed by atoms with E-state index >= 15 is 0 Å². The predicted octanol–water partition coefficient (Wildman–Crippen LogP) is 3.24. The number of phenols is 4. The lowest BCUT2D eigenvalue weighted by Crippen LogP contribution is -2.04. The Kier molecular flexibility index (Phi) is 9.44. The summed E-state index contributed by atoms with van der Waals surface area (Å²) in [4.78, 5) is 0. The van der Waals surface area contributed by atoms with Crippen LogP contribution in [0.5, 0.6) is 23.0 Å². The Labute approximate surface area is 181 Å². The molecule has 0 saturated carbocycles. The van der Waals surface area contributed by atoms with E-state index < -0.39 is 0 Å². The fourth-order valence-electron chi connectivity index (χ4n) is 3.02. The molecule has 0 fully saturated rings. The largest absolute Gasteiger partial charge is 0.508 e. The first kappa shape index (κ1) is 23.8. The smallest absolute Gasteiger partial charge is 0.137 e. The SMILES string of the molecule is N#Cc1cc(CCCOCCCOCCCc2cc(C#N)c(O)cc2O)c(O)cc1O. The van der Waals surface area contributed by atoms with Crippen LogP contribution in [0.25, 0.3) is 0 Å². The Hall–Kier alpha value is -3.46. The molecule has 0 amide bonds. The zero-order valence-corrected chi connectivity index (χ0v) is 17.2. The molecule has 2 rings (SSSR count). The topological polar surface area (TPSA) is 147 Å². The second-order valence-corrected chi connectivity index (χ2v) is 7.01. The molecule has 0 aliphatic heterocycles. The fraction of sp³-hybridized carbons (Fsp3) is 0.391. The molecule has 0 aromatic heterocycles. The summed E-state index contributed by atoms with van der Waals surface area (Å²) in [5.41, 5.74) is 1.47. The number of hydrogen-bond acceptors (Lipinski definition) is 8. The molecule has 0 aliphatic carbocycles. The highest BCUT2D eigenvalue weighted by molar-refractivity contribution is 5.51. The van der Waals surface area contributed by atoms with Crippen LogP contribution in [-0.4, -0.2) is 46.9 Å². The van der Waals surface area contributed by atoms with Gasteiger partial charge in [-0.2, -0.15) is 10.5 Å². The van der Waals surface area contributed by atoms with Crippen molar-refractivity contribution in [2.45, 2.75) is 32.1 Å². The first-order chi connectivity index (χ1) is 15.0. The second-order valence-electron chi connectivity index (χ2n) is 7.01. The maximum Gasteiger partial charge on any atom is 0.137 e. The summed E-state index contributed by atoms with van der Waals surface area (Å²) in [7, 11) is 0. The van der Waals surface area contributed by atoms with Crippen LogP contribution in [0.1, 0.15) is 41.5 Å². The lowest BCUT2D eigenvalue weighted by atomic mass is 10.0. The molecule has 0 saturated heterocycles.